The van der Waals surface area contributed by atoms with E-state index in [0.717, 1.165) is 18.9 Å². The minimum absolute atomic E-state index is 0.158. The van der Waals surface area contributed by atoms with Crippen molar-refractivity contribution < 1.29 is 4.39 Å². The van der Waals surface area contributed by atoms with Crippen LogP contribution < -0.4 is 5.32 Å². The third-order valence-corrected chi connectivity index (χ3v) is 4.17. The normalized spacial score (nSPS) is 19.5. The summed E-state index contributed by atoms with van der Waals surface area (Å²) >= 11 is 0. The number of benzene rings is 1. The topological polar surface area (TPSA) is 15.3 Å². The number of nitrogens with zero attached hydrogens (tertiary/aromatic N) is 1. The van der Waals surface area contributed by atoms with Crippen LogP contribution in [0.1, 0.15) is 37.8 Å². The van der Waals surface area contributed by atoms with Crippen LogP contribution in [0.2, 0.25) is 0 Å². The fraction of sp³-hybridized carbons (Fsp3) is 0.625. The predicted molar refractivity (Wildman–Crippen MR) is 77.7 cm³/mol. The molecule has 1 atom stereocenters. The van der Waals surface area contributed by atoms with Crippen molar-refractivity contribution in [3.8, 4) is 0 Å². The van der Waals surface area contributed by atoms with E-state index >= 15 is 0 Å². The van der Waals surface area contributed by atoms with Crippen molar-refractivity contribution in [2.75, 3.05) is 26.7 Å². The Morgan fingerprint density at radius 3 is 2.47 bits per heavy atom. The van der Waals surface area contributed by atoms with Crippen LogP contribution in [0.15, 0.2) is 24.3 Å². The lowest BCUT2D eigenvalue weighted by molar-refractivity contribution is 0.212. The van der Waals surface area contributed by atoms with Crippen LogP contribution in [-0.4, -0.2) is 31.6 Å². The lowest BCUT2D eigenvalue weighted by Crippen LogP contribution is -2.36. The highest BCUT2D eigenvalue weighted by molar-refractivity contribution is 5.19. The first-order chi connectivity index (χ1) is 9.19. The van der Waals surface area contributed by atoms with Gasteiger partial charge in [-0.15, -0.1) is 0 Å². The van der Waals surface area contributed by atoms with Crippen molar-refractivity contribution in [2.45, 2.75) is 32.2 Å². The maximum Gasteiger partial charge on any atom is 0.123 e. The van der Waals surface area contributed by atoms with Gasteiger partial charge in [0.2, 0.25) is 0 Å². The molecule has 0 saturated carbocycles. The van der Waals surface area contributed by atoms with Gasteiger partial charge >= 0.3 is 0 Å². The van der Waals surface area contributed by atoms with Gasteiger partial charge in [-0.3, -0.25) is 0 Å². The Hall–Kier alpha value is -0.930. The summed E-state index contributed by atoms with van der Waals surface area (Å²) in [6.07, 6.45) is 3.60. The zero-order valence-electron chi connectivity index (χ0n) is 12.0. The van der Waals surface area contributed by atoms with Crippen molar-refractivity contribution >= 4 is 0 Å². The Balaban J connectivity index is 1.84. The molecule has 1 heterocycles. The maximum absolute atomic E-state index is 12.9. The van der Waals surface area contributed by atoms with Crippen molar-refractivity contribution in [3.63, 3.8) is 0 Å². The first kappa shape index (κ1) is 14.5. The number of hydrogen-bond acceptors (Lipinski definition) is 2. The van der Waals surface area contributed by atoms with Crippen LogP contribution in [0.5, 0.6) is 0 Å². The van der Waals surface area contributed by atoms with Gasteiger partial charge in [-0.25, -0.2) is 4.39 Å². The quantitative estimate of drug-likeness (QED) is 0.878. The highest BCUT2D eigenvalue weighted by Crippen LogP contribution is 2.20. The fourth-order valence-corrected chi connectivity index (χ4v) is 2.77. The van der Waals surface area contributed by atoms with E-state index in [1.54, 1.807) is 12.1 Å². The van der Waals surface area contributed by atoms with Gasteiger partial charge in [-0.1, -0.05) is 19.1 Å². The molecular formula is C16H25FN2. The van der Waals surface area contributed by atoms with E-state index in [9.17, 15) is 4.39 Å². The summed E-state index contributed by atoms with van der Waals surface area (Å²) in [5, 5.41) is 3.65. The van der Waals surface area contributed by atoms with Gasteiger partial charge in [0.25, 0.3) is 0 Å². The van der Waals surface area contributed by atoms with E-state index in [-0.39, 0.29) is 5.82 Å². The molecule has 2 rings (SSSR count). The third-order valence-electron chi connectivity index (χ3n) is 4.17. The number of likely N-dealkylation sites (tertiary alicyclic amines) is 1. The van der Waals surface area contributed by atoms with Crippen LogP contribution in [0.3, 0.4) is 0 Å². The Morgan fingerprint density at radius 2 is 1.89 bits per heavy atom. The summed E-state index contributed by atoms with van der Waals surface area (Å²) in [6.45, 7) is 5.67. The Morgan fingerprint density at radius 1 is 1.26 bits per heavy atom. The fourth-order valence-electron chi connectivity index (χ4n) is 2.77. The second-order valence-corrected chi connectivity index (χ2v) is 5.67. The number of rotatable bonds is 5. The van der Waals surface area contributed by atoms with Crippen molar-refractivity contribution in [1.82, 2.24) is 10.2 Å². The number of piperidine rings is 1. The van der Waals surface area contributed by atoms with E-state index < -0.39 is 0 Å². The molecular weight excluding hydrogens is 239 g/mol. The van der Waals surface area contributed by atoms with Crippen LogP contribution in [-0.2, 0) is 0 Å². The van der Waals surface area contributed by atoms with Crippen LogP contribution in [0.25, 0.3) is 0 Å². The molecule has 0 radical (unpaired) electrons. The van der Waals surface area contributed by atoms with Gasteiger partial charge in [0.1, 0.15) is 5.82 Å². The predicted octanol–water partition coefficient (Wildman–Crippen LogP) is 3.21. The summed E-state index contributed by atoms with van der Waals surface area (Å²) in [6, 6.07) is 7.24. The molecule has 0 aromatic heterocycles. The second-order valence-electron chi connectivity index (χ2n) is 5.67. The summed E-state index contributed by atoms with van der Waals surface area (Å²) in [7, 11) is 2.19. The summed E-state index contributed by atoms with van der Waals surface area (Å²) in [5.74, 6) is 0.625. The third kappa shape index (κ3) is 4.29. The monoisotopic (exact) mass is 264 g/mol. The van der Waals surface area contributed by atoms with Crippen LogP contribution in [0.4, 0.5) is 4.39 Å². The highest BCUT2D eigenvalue weighted by atomic mass is 19.1. The summed E-state index contributed by atoms with van der Waals surface area (Å²) < 4.78 is 12.9. The molecule has 1 N–H and O–H groups in total. The standard InChI is InChI=1S/C16H25FN2/c1-3-16(14-4-6-15(17)7-5-14)18-12-13-8-10-19(2)11-9-13/h4-7,13,16,18H,3,8-12H2,1-2H3. The summed E-state index contributed by atoms with van der Waals surface area (Å²) in [5.41, 5.74) is 1.19. The molecule has 1 saturated heterocycles. The number of nitrogens with one attached hydrogen (secondary N) is 1. The van der Waals surface area contributed by atoms with Gasteiger partial charge in [0.15, 0.2) is 0 Å². The lowest BCUT2D eigenvalue weighted by atomic mass is 9.96. The molecule has 1 aliphatic rings. The highest BCUT2D eigenvalue weighted by Gasteiger charge is 2.18. The maximum atomic E-state index is 12.9. The molecule has 106 valence electrons. The van der Waals surface area contributed by atoms with Gasteiger partial charge in [-0.2, -0.15) is 0 Å². The summed E-state index contributed by atoms with van der Waals surface area (Å²) in [4.78, 5) is 2.40. The smallest absolute Gasteiger partial charge is 0.123 e. The lowest BCUT2D eigenvalue weighted by Gasteiger charge is -2.30. The van der Waals surface area contributed by atoms with Gasteiger partial charge in [0, 0.05) is 6.04 Å². The number of halogens is 1. The average Bonchev–Trinajstić information content (AvgIpc) is 2.43. The zero-order valence-corrected chi connectivity index (χ0v) is 12.0. The van der Waals surface area contributed by atoms with Crippen LogP contribution >= 0.6 is 0 Å². The molecule has 1 aromatic rings. The van der Waals surface area contributed by atoms with Gasteiger partial charge in [0.05, 0.1) is 0 Å². The first-order valence-corrected chi connectivity index (χ1v) is 7.36. The minimum atomic E-state index is -0.158. The first-order valence-electron chi connectivity index (χ1n) is 7.36. The van der Waals surface area contributed by atoms with Gasteiger partial charge < -0.3 is 10.2 Å². The molecule has 3 heteroatoms. The minimum Gasteiger partial charge on any atom is -0.310 e. The molecule has 1 fully saturated rings. The van der Waals surface area contributed by atoms with E-state index in [4.69, 9.17) is 0 Å². The van der Waals surface area contributed by atoms with Crippen molar-refractivity contribution in [3.05, 3.63) is 35.6 Å². The second kappa shape index (κ2) is 7.01. The molecule has 1 aliphatic heterocycles. The molecule has 0 bridgehead atoms. The van der Waals surface area contributed by atoms with E-state index in [1.165, 1.54) is 31.5 Å². The SMILES string of the molecule is CCC(NCC1CCN(C)CC1)c1ccc(F)cc1. The van der Waals surface area contributed by atoms with Crippen molar-refractivity contribution in [1.29, 1.82) is 0 Å². The molecule has 1 unspecified atom stereocenters. The molecule has 2 nitrogen and oxygen atoms in total. The Kier molecular flexibility index (Phi) is 5.34. The molecule has 0 amide bonds. The number of hydrogen-bond donors (Lipinski definition) is 1. The molecule has 0 aliphatic carbocycles. The van der Waals surface area contributed by atoms with E-state index in [2.05, 4.69) is 24.2 Å². The van der Waals surface area contributed by atoms with Crippen molar-refractivity contribution in [2.24, 2.45) is 5.92 Å². The van der Waals surface area contributed by atoms with E-state index in [1.807, 2.05) is 12.1 Å². The zero-order chi connectivity index (χ0) is 13.7. The average molecular weight is 264 g/mol. The van der Waals surface area contributed by atoms with Gasteiger partial charge in [-0.05, 0) is 69.6 Å². The molecule has 0 spiro atoms. The largest absolute Gasteiger partial charge is 0.310 e. The Bertz CT molecular complexity index is 369. The molecule has 19 heavy (non-hydrogen) atoms. The Labute approximate surface area is 116 Å². The van der Waals surface area contributed by atoms with Crippen LogP contribution in [0, 0.1) is 11.7 Å². The molecule has 1 aromatic carbocycles. The van der Waals surface area contributed by atoms with E-state index in [0.29, 0.717) is 6.04 Å².